The number of carbonyl (C=O) groups excluding carboxylic acids is 2. The third-order valence-corrected chi connectivity index (χ3v) is 7.93. The van der Waals surface area contributed by atoms with Gasteiger partial charge in [0.1, 0.15) is 0 Å². The summed E-state index contributed by atoms with van der Waals surface area (Å²) in [7, 11) is 1.56. The van der Waals surface area contributed by atoms with E-state index in [1.165, 1.54) is 4.57 Å². The van der Waals surface area contributed by atoms with E-state index >= 15 is 0 Å². The number of amides is 2. The van der Waals surface area contributed by atoms with Crippen LogP contribution in [0.3, 0.4) is 0 Å². The van der Waals surface area contributed by atoms with Crippen LogP contribution in [0.2, 0.25) is 10.0 Å². The summed E-state index contributed by atoms with van der Waals surface area (Å²) in [6.07, 6.45) is 3.76. The van der Waals surface area contributed by atoms with Gasteiger partial charge < -0.3 is 15.5 Å². The second-order valence-corrected chi connectivity index (χ2v) is 10.7. The van der Waals surface area contributed by atoms with Gasteiger partial charge in [0.25, 0.3) is 17.4 Å². The molecule has 1 aliphatic rings. The topological polar surface area (TPSA) is 109 Å². The van der Waals surface area contributed by atoms with E-state index in [-0.39, 0.29) is 36.0 Å². The monoisotopic (exact) mass is 590 g/mol. The highest BCUT2D eigenvalue weighted by Gasteiger charge is 2.32. The fraction of sp³-hybridized carbons (Fsp3) is 0.233. The molecule has 3 heterocycles. The van der Waals surface area contributed by atoms with Gasteiger partial charge in [-0.05, 0) is 74.4 Å². The molecule has 1 aliphatic heterocycles. The number of pyridine rings is 1. The number of nitrogens with one attached hydrogen (secondary N) is 2. The van der Waals surface area contributed by atoms with Crippen LogP contribution in [-0.4, -0.2) is 44.3 Å². The Hall–Kier alpha value is -4.21. The highest BCUT2D eigenvalue weighted by molar-refractivity contribution is 6.42. The molecule has 0 aliphatic carbocycles. The Morgan fingerprint density at radius 2 is 1.78 bits per heavy atom. The van der Waals surface area contributed by atoms with E-state index in [0.717, 1.165) is 5.56 Å². The summed E-state index contributed by atoms with van der Waals surface area (Å²) in [5, 5.41) is 6.62. The molecule has 2 aromatic carbocycles. The lowest BCUT2D eigenvalue weighted by molar-refractivity contribution is 0.0653. The van der Waals surface area contributed by atoms with Crippen LogP contribution in [0.5, 0.6) is 0 Å². The first-order valence-electron chi connectivity index (χ1n) is 13.1. The first kappa shape index (κ1) is 28.3. The molecule has 11 heteroatoms. The summed E-state index contributed by atoms with van der Waals surface area (Å²) < 4.78 is 1.52. The van der Waals surface area contributed by atoms with Gasteiger partial charge >= 0.3 is 0 Å². The third-order valence-electron chi connectivity index (χ3n) is 7.19. The zero-order valence-corrected chi connectivity index (χ0v) is 24.2. The first-order valence-corrected chi connectivity index (χ1v) is 13.8. The SMILES string of the molecule is CNC(=O)c1ccc(-n2c(N[C@H](C)c3cccnc3)nc3c(c2=O)C[C@@H](C)N(C(=O)c2ccc(Cl)c(Cl)c2)C3)cc1. The van der Waals surface area contributed by atoms with Crippen molar-refractivity contribution in [1.29, 1.82) is 0 Å². The molecule has 4 aromatic rings. The molecule has 9 nitrogen and oxygen atoms in total. The Morgan fingerprint density at radius 1 is 1.05 bits per heavy atom. The largest absolute Gasteiger partial charge is 0.355 e. The van der Waals surface area contributed by atoms with Gasteiger partial charge in [-0.2, -0.15) is 0 Å². The number of anilines is 1. The third kappa shape index (κ3) is 5.68. The second kappa shape index (κ2) is 11.7. The summed E-state index contributed by atoms with van der Waals surface area (Å²) in [6, 6.07) is 14.8. The molecule has 2 aromatic heterocycles. The van der Waals surface area contributed by atoms with Crippen LogP contribution in [0.25, 0.3) is 5.69 Å². The highest BCUT2D eigenvalue weighted by atomic mass is 35.5. The van der Waals surface area contributed by atoms with Gasteiger partial charge in [-0.25, -0.2) is 9.55 Å². The molecule has 0 bridgehead atoms. The van der Waals surface area contributed by atoms with Crippen molar-refractivity contribution in [2.24, 2.45) is 0 Å². The fourth-order valence-electron chi connectivity index (χ4n) is 4.88. The molecule has 0 unspecified atom stereocenters. The lowest BCUT2D eigenvalue weighted by atomic mass is 9.98. The van der Waals surface area contributed by atoms with E-state index in [1.807, 2.05) is 26.0 Å². The van der Waals surface area contributed by atoms with E-state index < -0.39 is 0 Å². The van der Waals surface area contributed by atoms with Crippen molar-refractivity contribution in [3.05, 3.63) is 115 Å². The maximum atomic E-state index is 14.1. The number of rotatable bonds is 6. The average molecular weight is 591 g/mol. The average Bonchev–Trinajstić information content (AvgIpc) is 2.98. The summed E-state index contributed by atoms with van der Waals surface area (Å²) in [4.78, 5) is 50.4. The zero-order chi connectivity index (χ0) is 29.3. The van der Waals surface area contributed by atoms with Crippen molar-refractivity contribution >= 4 is 41.0 Å². The zero-order valence-electron chi connectivity index (χ0n) is 22.7. The molecule has 2 atom stereocenters. The summed E-state index contributed by atoms with van der Waals surface area (Å²) in [6.45, 7) is 4.00. The number of hydrogen-bond acceptors (Lipinski definition) is 6. The fourth-order valence-corrected chi connectivity index (χ4v) is 5.18. The predicted molar refractivity (Wildman–Crippen MR) is 159 cm³/mol. The van der Waals surface area contributed by atoms with Gasteiger partial charge in [-0.1, -0.05) is 29.3 Å². The predicted octanol–water partition coefficient (Wildman–Crippen LogP) is 5.05. The molecule has 0 fully saturated rings. The van der Waals surface area contributed by atoms with Crippen molar-refractivity contribution < 1.29 is 9.59 Å². The van der Waals surface area contributed by atoms with Crippen molar-refractivity contribution in [1.82, 2.24) is 24.8 Å². The normalized spacial score (nSPS) is 15.1. The minimum atomic E-state index is -0.267. The van der Waals surface area contributed by atoms with Crippen molar-refractivity contribution in [3.8, 4) is 5.69 Å². The molecule has 41 heavy (non-hydrogen) atoms. The quantitative estimate of drug-likeness (QED) is 0.325. The molecule has 0 radical (unpaired) electrons. The number of hydrogen-bond donors (Lipinski definition) is 2. The second-order valence-electron chi connectivity index (χ2n) is 9.89. The maximum absolute atomic E-state index is 14.1. The molecule has 0 saturated carbocycles. The summed E-state index contributed by atoms with van der Waals surface area (Å²) >= 11 is 12.2. The van der Waals surface area contributed by atoms with Gasteiger partial charge in [0.15, 0.2) is 0 Å². The Bertz CT molecular complexity index is 1670. The minimum absolute atomic E-state index is 0.150. The van der Waals surface area contributed by atoms with E-state index in [4.69, 9.17) is 28.2 Å². The van der Waals surface area contributed by atoms with Crippen molar-refractivity contribution in [3.63, 3.8) is 0 Å². The number of aromatic nitrogens is 3. The summed E-state index contributed by atoms with van der Waals surface area (Å²) in [5.74, 6) is -0.137. The van der Waals surface area contributed by atoms with Crippen LogP contribution >= 0.6 is 23.2 Å². The van der Waals surface area contributed by atoms with Gasteiger partial charge in [0, 0.05) is 42.2 Å². The van der Waals surface area contributed by atoms with Crippen LogP contribution in [0.1, 0.15) is 57.4 Å². The van der Waals surface area contributed by atoms with Crippen molar-refractivity contribution in [2.75, 3.05) is 12.4 Å². The Morgan fingerprint density at radius 3 is 2.44 bits per heavy atom. The molecule has 0 saturated heterocycles. The lowest BCUT2D eigenvalue weighted by Crippen LogP contribution is -2.46. The van der Waals surface area contributed by atoms with Crippen LogP contribution in [0.4, 0.5) is 5.95 Å². The highest BCUT2D eigenvalue weighted by Crippen LogP contribution is 2.28. The lowest BCUT2D eigenvalue weighted by Gasteiger charge is -2.35. The number of carbonyl (C=O) groups is 2. The number of nitrogens with zero attached hydrogens (tertiary/aromatic N) is 4. The van der Waals surface area contributed by atoms with Gasteiger partial charge in [0.2, 0.25) is 5.95 Å². The molecular formula is C30H28Cl2N6O3. The number of benzene rings is 2. The van der Waals surface area contributed by atoms with E-state index in [2.05, 4.69) is 15.6 Å². The molecular weight excluding hydrogens is 563 g/mol. The molecule has 2 N–H and O–H groups in total. The van der Waals surface area contributed by atoms with Crippen LogP contribution in [-0.2, 0) is 13.0 Å². The summed E-state index contributed by atoms with van der Waals surface area (Å²) in [5.41, 5.74) is 3.15. The van der Waals surface area contributed by atoms with E-state index in [1.54, 1.807) is 66.8 Å². The Kier molecular flexibility index (Phi) is 8.10. The van der Waals surface area contributed by atoms with Gasteiger partial charge in [-0.15, -0.1) is 0 Å². The van der Waals surface area contributed by atoms with E-state index in [0.29, 0.717) is 50.5 Å². The number of halogens is 2. The number of fused-ring (bicyclic) bond motifs is 1. The van der Waals surface area contributed by atoms with E-state index in [9.17, 15) is 14.4 Å². The maximum Gasteiger partial charge on any atom is 0.263 e. The first-order chi connectivity index (χ1) is 19.7. The van der Waals surface area contributed by atoms with Gasteiger partial charge in [-0.3, -0.25) is 19.4 Å². The van der Waals surface area contributed by atoms with Crippen LogP contribution in [0, 0.1) is 0 Å². The molecule has 2 amide bonds. The standard InChI is InChI=1S/C30H28Cl2N6O3/c1-17-13-23-26(16-37(17)28(40)20-8-11-24(31)25(32)14-20)36-30(35-18(2)21-5-4-12-34-15-21)38(29(23)41)22-9-6-19(7-10-22)27(39)33-3/h4-12,14-15,17-18H,13,16H2,1-3H3,(H,33,39)(H,35,36)/t17-,18-/m1/s1. The molecule has 210 valence electrons. The Balaban J connectivity index is 1.57. The van der Waals surface area contributed by atoms with Crippen LogP contribution in [0.15, 0.2) is 71.8 Å². The molecule has 5 rings (SSSR count). The molecule has 0 spiro atoms. The van der Waals surface area contributed by atoms with Gasteiger partial charge in [0.05, 0.1) is 34.0 Å². The smallest absolute Gasteiger partial charge is 0.263 e. The Labute approximate surface area is 247 Å². The van der Waals surface area contributed by atoms with Crippen molar-refractivity contribution in [2.45, 2.75) is 38.9 Å². The van der Waals surface area contributed by atoms with Crippen LogP contribution < -0.4 is 16.2 Å². The minimum Gasteiger partial charge on any atom is -0.355 e.